The summed E-state index contributed by atoms with van der Waals surface area (Å²) in [5.41, 5.74) is 3.40. The number of halogens is 1. The second kappa shape index (κ2) is 5.96. The molecule has 2 unspecified atom stereocenters. The number of hydrogen-bond donors (Lipinski definition) is 1. The van der Waals surface area contributed by atoms with E-state index in [0.717, 1.165) is 18.6 Å². The molecule has 104 valence electrons. The van der Waals surface area contributed by atoms with Gasteiger partial charge in [-0.2, -0.15) is 0 Å². The summed E-state index contributed by atoms with van der Waals surface area (Å²) in [6.07, 6.45) is 0.941. The first-order valence-electron chi connectivity index (χ1n) is 6.87. The summed E-state index contributed by atoms with van der Waals surface area (Å²) in [4.78, 5) is 0. The first-order chi connectivity index (χ1) is 9.74. The predicted molar refractivity (Wildman–Crippen MR) is 79.9 cm³/mol. The standard InChI is InChI=1S/C17H17ClO2/c18-14-7-5-13(6-8-14)16(19)11-17-15-4-2-1-3-12(15)9-10-20-17/h1-8,16-17,19H,9-11H2. The second-order valence-electron chi connectivity index (χ2n) is 5.11. The molecule has 1 aliphatic heterocycles. The molecule has 2 atom stereocenters. The third kappa shape index (κ3) is 2.88. The molecule has 0 amide bonds. The van der Waals surface area contributed by atoms with Crippen molar-refractivity contribution in [3.05, 3.63) is 70.2 Å². The molecule has 0 saturated carbocycles. The van der Waals surface area contributed by atoms with E-state index < -0.39 is 6.10 Å². The van der Waals surface area contributed by atoms with Gasteiger partial charge in [0.2, 0.25) is 0 Å². The van der Waals surface area contributed by atoms with Gasteiger partial charge in [-0.05, 0) is 35.2 Å². The molecule has 2 nitrogen and oxygen atoms in total. The largest absolute Gasteiger partial charge is 0.388 e. The van der Waals surface area contributed by atoms with Crippen LogP contribution in [-0.2, 0) is 11.2 Å². The highest BCUT2D eigenvalue weighted by Gasteiger charge is 2.23. The molecule has 0 aromatic heterocycles. The van der Waals surface area contributed by atoms with E-state index in [1.807, 2.05) is 18.2 Å². The first kappa shape index (κ1) is 13.6. The van der Waals surface area contributed by atoms with E-state index in [0.29, 0.717) is 11.4 Å². The zero-order chi connectivity index (χ0) is 13.9. The zero-order valence-corrected chi connectivity index (χ0v) is 11.9. The van der Waals surface area contributed by atoms with Crippen molar-refractivity contribution in [3.63, 3.8) is 0 Å². The van der Waals surface area contributed by atoms with Gasteiger partial charge in [-0.1, -0.05) is 48.0 Å². The van der Waals surface area contributed by atoms with Crippen molar-refractivity contribution in [2.75, 3.05) is 6.61 Å². The molecular formula is C17H17ClO2. The van der Waals surface area contributed by atoms with Crippen molar-refractivity contribution in [3.8, 4) is 0 Å². The van der Waals surface area contributed by atoms with Gasteiger partial charge in [-0.25, -0.2) is 0 Å². The fourth-order valence-corrected chi connectivity index (χ4v) is 2.82. The topological polar surface area (TPSA) is 29.5 Å². The maximum atomic E-state index is 10.4. The maximum Gasteiger partial charge on any atom is 0.0855 e. The number of aliphatic hydroxyl groups excluding tert-OH is 1. The highest BCUT2D eigenvalue weighted by molar-refractivity contribution is 6.30. The molecule has 0 radical (unpaired) electrons. The quantitative estimate of drug-likeness (QED) is 0.922. The van der Waals surface area contributed by atoms with E-state index in [1.165, 1.54) is 11.1 Å². The van der Waals surface area contributed by atoms with Crippen molar-refractivity contribution in [1.29, 1.82) is 0 Å². The van der Waals surface area contributed by atoms with Crippen LogP contribution in [0.15, 0.2) is 48.5 Å². The van der Waals surface area contributed by atoms with Crippen LogP contribution >= 0.6 is 11.6 Å². The van der Waals surface area contributed by atoms with Crippen molar-refractivity contribution < 1.29 is 9.84 Å². The number of benzene rings is 2. The zero-order valence-electron chi connectivity index (χ0n) is 11.1. The molecule has 0 aliphatic carbocycles. The lowest BCUT2D eigenvalue weighted by Gasteiger charge is -2.27. The Morgan fingerprint density at radius 2 is 1.90 bits per heavy atom. The summed E-state index contributed by atoms with van der Waals surface area (Å²) in [5.74, 6) is 0. The molecule has 1 N–H and O–H groups in total. The molecule has 1 heterocycles. The highest BCUT2D eigenvalue weighted by atomic mass is 35.5. The molecule has 0 bridgehead atoms. The fraction of sp³-hybridized carbons (Fsp3) is 0.294. The van der Waals surface area contributed by atoms with Crippen LogP contribution in [0.5, 0.6) is 0 Å². The minimum absolute atomic E-state index is 0.0365. The van der Waals surface area contributed by atoms with Gasteiger partial charge >= 0.3 is 0 Å². The van der Waals surface area contributed by atoms with E-state index in [1.54, 1.807) is 12.1 Å². The number of rotatable bonds is 3. The van der Waals surface area contributed by atoms with Crippen molar-refractivity contribution in [2.24, 2.45) is 0 Å². The van der Waals surface area contributed by atoms with E-state index in [9.17, 15) is 5.11 Å². The average molecular weight is 289 g/mol. The summed E-state index contributed by atoms with van der Waals surface area (Å²) >= 11 is 5.87. The van der Waals surface area contributed by atoms with Crippen LogP contribution in [0.4, 0.5) is 0 Å². The van der Waals surface area contributed by atoms with E-state index in [-0.39, 0.29) is 6.10 Å². The fourth-order valence-electron chi connectivity index (χ4n) is 2.70. The van der Waals surface area contributed by atoms with Gasteiger partial charge in [0.25, 0.3) is 0 Å². The minimum Gasteiger partial charge on any atom is -0.388 e. The predicted octanol–water partition coefficient (Wildman–Crippen LogP) is 4.08. The molecular weight excluding hydrogens is 272 g/mol. The summed E-state index contributed by atoms with van der Waals surface area (Å²) < 4.78 is 5.83. The molecule has 0 fully saturated rings. The van der Waals surface area contributed by atoms with Gasteiger partial charge in [0, 0.05) is 11.4 Å². The summed E-state index contributed by atoms with van der Waals surface area (Å²) in [7, 11) is 0. The Hall–Kier alpha value is -1.35. The van der Waals surface area contributed by atoms with Crippen LogP contribution in [0.3, 0.4) is 0 Å². The lowest BCUT2D eigenvalue weighted by atomic mass is 9.92. The molecule has 1 aliphatic rings. The van der Waals surface area contributed by atoms with E-state index in [2.05, 4.69) is 18.2 Å². The Labute approximate surface area is 124 Å². The summed E-state index contributed by atoms with van der Waals surface area (Å²) in [6, 6.07) is 15.6. The van der Waals surface area contributed by atoms with Crippen molar-refractivity contribution in [1.82, 2.24) is 0 Å². The Kier molecular flexibility index (Phi) is 4.06. The number of hydrogen-bond acceptors (Lipinski definition) is 2. The third-order valence-corrected chi connectivity index (χ3v) is 4.04. The van der Waals surface area contributed by atoms with Gasteiger partial charge in [0.15, 0.2) is 0 Å². The molecule has 2 aromatic carbocycles. The van der Waals surface area contributed by atoms with Gasteiger partial charge in [-0.15, -0.1) is 0 Å². The molecule has 0 spiro atoms. The Bertz CT molecular complexity index is 580. The van der Waals surface area contributed by atoms with E-state index in [4.69, 9.17) is 16.3 Å². The van der Waals surface area contributed by atoms with Gasteiger partial charge < -0.3 is 9.84 Å². The molecule has 0 saturated heterocycles. The van der Waals surface area contributed by atoms with Crippen LogP contribution in [0.25, 0.3) is 0 Å². The molecule has 3 heteroatoms. The van der Waals surface area contributed by atoms with Crippen LogP contribution in [0.2, 0.25) is 5.02 Å². The third-order valence-electron chi connectivity index (χ3n) is 3.78. The monoisotopic (exact) mass is 288 g/mol. The van der Waals surface area contributed by atoms with Crippen molar-refractivity contribution >= 4 is 11.6 Å². The van der Waals surface area contributed by atoms with Gasteiger partial charge in [0.1, 0.15) is 0 Å². The SMILES string of the molecule is OC(CC1OCCc2ccccc21)c1ccc(Cl)cc1. The second-order valence-corrected chi connectivity index (χ2v) is 5.55. The summed E-state index contributed by atoms with van der Waals surface area (Å²) in [6.45, 7) is 0.717. The van der Waals surface area contributed by atoms with Crippen LogP contribution in [-0.4, -0.2) is 11.7 Å². The smallest absolute Gasteiger partial charge is 0.0855 e. The van der Waals surface area contributed by atoms with Crippen LogP contribution in [0.1, 0.15) is 35.3 Å². The molecule has 3 rings (SSSR count). The number of ether oxygens (including phenoxy) is 1. The maximum absolute atomic E-state index is 10.4. The molecule has 2 aromatic rings. The minimum atomic E-state index is -0.538. The Morgan fingerprint density at radius 3 is 2.70 bits per heavy atom. The van der Waals surface area contributed by atoms with Gasteiger partial charge in [-0.3, -0.25) is 0 Å². The molecule has 20 heavy (non-hydrogen) atoms. The lowest BCUT2D eigenvalue weighted by Crippen LogP contribution is -2.18. The van der Waals surface area contributed by atoms with E-state index >= 15 is 0 Å². The van der Waals surface area contributed by atoms with Gasteiger partial charge in [0.05, 0.1) is 18.8 Å². The summed E-state index contributed by atoms with van der Waals surface area (Å²) in [5, 5.41) is 11.0. The lowest BCUT2D eigenvalue weighted by molar-refractivity contribution is 0.00377. The van der Waals surface area contributed by atoms with Crippen LogP contribution < -0.4 is 0 Å². The highest BCUT2D eigenvalue weighted by Crippen LogP contribution is 2.34. The normalized spacial score (nSPS) is 19.4. The Morgan fingerprint density at radius 1 is 1.15 bits per heavy atom. The number of aliphatic hydroxyl groups is 1. The average Bonchev–Trinajstić information content (AvgIpc) is 2.48. The first-order valence-corrected chi connectivity index (χ1v) is 7.25. The Balaban J connectivity index is 1.77. The van der Waals surface area contributed by atoms with Crippen molar-refractivity contribution in [2.45, 2.75) is 25.0 Å². The van der Waals surface area contributed by atoms with Crippen LogP contribution in [0, 0.1) is 0 Å². The number of fused-ring (bicyclic) bond motifs is 1.